The van der Waals surface area contributed by atoms with Gasteiger partial charge in [-0.2, -0.15) is 0 Å². The van der Waals surface area contributed by atoms with Crippen LogP contribution in [0.3, 0.4) is 0 Å². The Morgan fingerprint density at radius 2 is 2.00 bits per heavy atom. The third-order valence-corrected chi connectivity index (χ3v) is 3.93. The first-order chi connectivity index (χ1) is 11.5. The topological polar surface area (TPSA) is 94.2 Å². The van der Waals surface area contributed by atoms with Crippen LogP contribution in [-0.4, -0.2) is 42.3 Å². The van der Waals surface area contributed by atoms with Crippen molar-refractivity contribution < 1.29 is 28.6 Å². The molecule has 7 heteroatoms. The fourth-order valence-corrected chi connectivity index (χ4v) is 2.80. The number of benzene rings is 1. The molecule has 128 valence electrons. The van der Waals surface area contributed by atoms with Crippen LogP contribution in [0.1, 0.15) is 26.2 Å². The molecule has 1 aromatic rings. The van der Waals surface area contributed by atoms with E-state index in [0.717, 1.165) is 0 Å². The van der Waals surface area contributed by atoms with E-state index in [2.05, 4.69) is 5.32 Å². The van der Waals surface area contributed by atoms with E-state index in [4.69, 9.17) is 14.2 Å². The number of ketones is 1. The highest BCUT2D eigenvalue weighted by Crippen LogP contribution is 2.34. The highest BCUT2D eigenvalue weighted by atomic mass is 16.6. The molecule has 2 aliphatic heterocycles. The Morgan fingerprint density at radius 3 is 2.75 bits per heavy atom. The van der Waals surface area contributed by atoms with Crippen LogP contribution in [0.5, 0.6) is 0 Å². The maximum atomic E-state index is 12.0. The van der Waals surface area contributed by atoms with Crippen LogP contribution in [0.15, 0.2) is 30.3 Å². The van der Waals surface area contributed by atoms with Gasteiger partial charge < -0.3 is 14.2 Å². The lowest BCUT2D eigenvalue weighted by molar-refractivity contribution is -0.150. The fraction of sp³-hybridized carbons (Fsp3) is 0.471. The summed E-state index contributed by atoms with van der Waals surface area (Å²) in [5.74, 6) is -0.889. The summed E-state index contributed by atoms with van der Waals surface area (Å²) in [6, 6.07) is 8.87. The predicted molar refractivity (Wildman–Crippen MR) is 83.4 cm³/mol. The van der Waals surface area contributed by atoms with Crippen molar-refractivity contribution in [2.45, 2.75) is 50.6 Å². The van der Waals surface area contributed by atoms with Crippen LogP contribution >= 0.6 is 0 Å². The van der Waals surface area contributed by atoms with E-state index >= 15 is 0 Å². The second-order valence-electron chi connectivity index (χ2n) is 6.03. The first-order valence-corrected chi connectivity index (χ1v) is 7.90. The number of anilines is 1. The number of amides is 1. The van der Waals surface area contributed by atoms with E-state index in [1.807, 2.05) is 6.07 Å². The Kier molecular flexibility index (Phi) is 4.80. The number of ether oxygens (including phenoxy) is 3. The average Bonchev–Trinajstić information content (AvgIpc) is 3.25. The minimum Gasteiger partial charge on any atom is -0.462 e. The number of epoxide rings is 1. The van der Waals surface area contributed by atoms with Gasteiger partial charge in [-0.25, -0.2) is 4.79 Å². The van der Waals surface area contributed by atoms with E-state index in [1.165, 1.54) is 0 Å². The Morgan fingerprint density at radius 1 is 1.25 bits per heavy atom. The number of Topliss-reactive ketones (excluding diaryl/α,β-unsaturated/α-hetero) is 1. The molecule has 4 unspecified atom stereocenters. The first-order valence-electron chi connectivity index (χ1n) is 7.90. The van der Waals surface area contributed by atoms with Crippen LogP contribution in [0.2, 0.25) is 0 Å². The van der Waals surface area contributed by atoms with Crippen LogP contribution < -0.4 is 5.32 Å². The van der Waals surface area contributed by atoms with Gasteiger partial charge in [-0.15, -0.1) is 0 Å². The van der Waals surface area contributed by atoms with E-state index in [-0.39, 0.29) is 36.9 Å². The van der Waals surface area contributed by atoms with Crippen molar-refractivity contribution in [3.05, 3.63) is 30.3 Å². The fourth-order valence-electron chi connectivity index (χ4n) is 2.80. The van der Waals surface area contributed by atoms with E-state index < -0.39 is 18.2 Å². The van der Waals surface area contributed by atoms with Gasteiger partial charge in [-0.3, -0.25) is 14.9 Å². The molecule has 1 N–H and O–H groups in total. The zero-order valence-corrected chi connectivity index (χ0v) is 13.3. The lowest BCUT2D eigenvalue weighted by Gasteiger charge is -2.18. The molecule has 0 radical (unpaired) electrons. The summed E-state index contributed by atoms with van der Waals surface area (Å²) in [5.41, 5.74) is 0.596. The van der Waals surface area contributed by atoms with E-state index in [9.17, 15) is 14.4 Å². The minimum absolute atomic E-state index is 0.0626. The van der Waals surface area contributed by atoms with Gasteiger partial charge in [-0.1, -0.05) is 18.2 Å². The summed E-state index contributed by atoms with van der Waals surface area (Å²) >= 11 is 0. The Balaban J connectivity index is 1.63. The molecular weight excluding hydrogens is 314 g/mol. The molecule has 1 amide bonds. The van der Waals surface area contributed by atoms with Crippen molar-refractivity contribution >= 4 is 23.5 Å². The lowest BCUT2D eigenvalue weighted by Crippen LogP contribution is -2.33. The number of para-hydroxylation sites is 1. The van der Waals surface area contributed by atoms with Gasteiger partial charge in [0.2, 0.25) is 0 Å². The summed E-state index contributed by atoms with van der Waals surface area (Å²) in [6.45, 7) is 1.75. The SMILES string of the molecule is CC1CC2OC2C(OC(=O)Nc2ccccc2)CC(=O)CC(=O)O1. The Bertz CT molecular complexity index is 631. The second kappa shape index (κ2) is 7.00. The summed E-state index contributed by atoms with van der Waals surface area (Å²) < 4.78 is 16.0. The molecule has 0 aromatic heterocycles. The maximum Gasteiger partial charge on any atom is 0.412 e. The molecule has 3 rings (SSSR count). The van der Waals surface area contributed by atoms with Crippen LogP contribution in [0.25, 0.3) is 0 Å². The molecule has 2 aliphatic rings. The number of carbonyl (C=O) groups is 3. The number of hydrogen-bond acceptors (Lipinski definition) is 6. The van der Waals surface area contributed by atoms with Gasteiger partial charge in [0.25, 0.3) is 0 Å². The van der Waals surface area contributed by atoms with Gasteiger partial charge in [-0.05, 0) is 19.1 Å². The van der Waals surface area contributed by atoms with E-state index in [1.54, 1.807) is 31.2 Å². The molecule has 2 fully saturated rings. The quantitative estimate of drug-likeness (QED) is 0.506. The second-order valence-corrected chi connectivity index (χ2v) is 6.03. The highest BCUT2D eigenvalue weighted by molar-refractivity contribution is 5.96. The van der Waals surface area contributed by atoms with Crippen LogP contribution in [0.4, 0.5) is 10.5 Å². The molecule has 0 bridgehead atoms. The number of cyclic esters (lactones) is 1. The zero-order valence-electron chi connectivity index (χ0n) is 13.3. The summed E-state index contributed by atoms with van der Waals surface area (Å²) in [4.78, 5) is 35.6. The molecule has 2 heterocycles. The molecule has 24 heavy (non-hydrogen) atoms. The third-order valence-electron chi connectivity index (χ3n) is 3.93. The van der Waals surface area contributed by atoms with Crippen molar-refractivity contribution in [2.24, 2.45) is 0 Å². The van der Waals surface area contributed by atoms with Crippen LogP contribution in [0, 0.1) is 0 Å². The molecule has 2 saturated heterocycles. The number of hydrogen-bond donors (Lipinski definition) is 1. The van der Waals surface area contributed by atoms with Gasteiger partial charge >= 0.3 is 12.1 Å². The molecule has 7 nitrogen and oxygen atoms in total. The third kappa shape index (κ3) is 4.32. The Labute approximate surface area is 139 Å². The molecule has 4 atom stereocenters. The molecule has 1 aromatic carbocycles. The maximum absolute atomic E-state index is 12.0. The molecule has 0 saturated carbocycles. The summed E-state index contributed by atoms with van der Waals surface area (Å²) in [5, 5.41) is 2.61. The van der Waals surface area contributed by atoms with Crippen molar-refractivity contribution in [1.29, 1.82) is 0 Å². The van der Waals surface area contributed by atoms with Crippen molar-refractivity contribution in [2.75, 3.05) is 5.32 Å². The van der Waals surface area contributed by atoms with Crippen molar-refractivity contribution in [1.82, 2.24) is 0 Å². The number of carbonyl (C=O) groups excluding carboxylic acids is 3. The lowest BCUT2D eigenvalue weighted by atomic mass is 10.0. The highest BCUT2D eigenvalue weighted by Gasteiger charge is 2.49. The monoisotopic (exact) mass is 333 g/mol. The molecular formula is C17H19NO6. The summed E-state index contributed by atoms with van der Waals surface area (Å²) in [6.07, 6.45) is -2.06. The largest absolute Gasteiger partial charge is 0.462 e. The van der Waals surface area contributed by atoms with Gasteiger partial charge in [0.1, 0.15) is 30.5 Å². The van der Waals surface area contributed by atoms with Gasteiger partial charge in [0, 0.05) is 18.5 Å². The first kappa shape index (κ1) is 16.4. The number of rotatable bonds is 2. The zero-order chi connectivity index (χ0) is 17.1. The summed E-state index contributed by atoms with van der Waals surface area (Å²) in [7, 11) is 0. The molecule has 0 aliphatic carbocycles. The number of nitrogens with one attached hydrogen (secondary N) is 1. The Hall–Kier alpha value is -2.41. The van der Waals surface area contributed by atoms with Gasteiger partial charge in [0.15, 0.2) is 0 Å². The van der Waals surface area contributed by atoms with Crippen molar-refractivity contribution in [3.8, 4) is 0 Å². The molecule has 0 spiro atoms. The van der Waals surface area contributed by atoms with Gasteiger partial charge in [0.05, 0.1) is 6.10 Å². The van der Waals surface area contributed by atoms with Crippen molar-refractivity contribution in [3.63, 3.8) is 0 Å². The predicted octanol–water partition coefficient (Wildman–Crippen LogP) is 2.06. The normalized spacial score (nSPS) is 29.9. The number of esters is 1. The average molecular weight is 333 g/mol. The standard InChI is InChI=1S/C17H19NO6/c1-10-7-13-16(23-13)14(8-12(19)9-15(20)22-10)24-17(21)18-11-5-3-2-4-6-11/h2-6,10,13-14,16H,7-9H2,1H3,(H,18,21). The smallest absolute Gasteiger partial charge is 0.412 e. The number of fused-ring (bicyclic) bond motifs is 1. The van der Waals surface area contributed by atoms with E-state index in [0.29, 0.717) is 12.1 Å². The minimum atomic E-state index is -0.704. The van der Waals surface area contributed by atoms with Crippen LogP contribution in [-0.2, 0) is 23.8 Å².